The first-order valence-electron chi connectivity index (χ1n) is 8.80. The number of nitrogens with zero attached hydrogens (tertiary/aromatic N) is 1. The first-order chi connectivity index (χ1) is 12.3. The summed E-state index contributed by atoms with van der Waals surface area (Å²) in [4.78, 5) is 27.8. The van der Waals surface area contributed by atoms with Gasteiger partial charge < -0.3 is 0 Å². The molecule has 0 spiro atoms. The minimum atomic E-state index is -0.427. The van der Waals surface area contributed by atoms with Crippen molar-refractivity contribution in [1.29, 1.82) is 0 Å². The van der Waals surface area contributed by atoms with Crippen molar-refractivity contribution in [2.45, 2.75) is 33.2 Å². The highest BCUT2D eigenvalue weighted by atomic mass is 16.2. The highest BCUT2D eigenvalue weighted by Gasteiger charge is 2.44. The lowest BCUT2D eigenvalue weighted by Crippen LogP contribution is -2.46. The van der Waals surface area contributed by atoms with E-state index in [1.807, 2.05) is 49.9 Å². The zero-order valence-electron chi connectivity index (χ0n) is 15.5. The molecule has 3 nitrogen and oxygen atoms in total. The van der Waals surface area contributed by atoms with Gasteiger partial charge in [-0.25, -0.2) is 0 Å². The fourth-order valence-electron chi connectivity index (χ4n) is 4.04. The van der Waals surface area contributed by atoms with Gasteiger partial charge in [0.05, 0.1) is 16.8 Å². The van der Waals surface area contributed by atoms with E-state index in [1.54, 1.807) is 12.1 Å². The fourth-order valence-corrected chi connectivity index (χ4v) is 4.04. The molecule has 2 aromatic carbocycles. The second kappa shape index (κ2) is 5.53. The number of allylic oxidation sites excluding steroid dienone is 2. The average molecular weight is 343 g/mol. The van der Waals surface area contributed by atoms with Crippen LogP contribution in [0.3, 0.4) is 0 Å². The third kappa shape index (κ3) is 2.35. The topological polar surface area (TPSA) is 37.4 Å². The van der Waals surface area contributed by atoms with Gasteiger partial charge in [-0.05, 0) is 57.0 Å². The van der Waals surface area contributed by atoms with E-state index in [0.717, 1.165) is 28.0 Å². The Morgan fingerprint density at radius 2 is 1.69 bits per heavy atom. The molecule has 0 N–H and O–H groups in total. The highest BCUT2D eigenvalue weighted by Crippen LogP contribution is 2.49. The van der Waals surface area contributed by atoms with Gasteiger partial charge in [-0.1, -0.05) is 36.4 Å². The Morgan fingerprint density at radius 1 is 1.04 bits per heavy atom. The quantitative estimate of drug-likeness (QED) is 0.580. The monoisotopic (exact) mass is 343 g/mol. The molecule has 3 heteroatoms. The van der Waals surface area contributed by atoms with E-state index in [9.17, 15) is 9.59 Å². The Morgan fingerprint density at radius 3 is 2.38 bits per heavy atom. The lowest BCUT2D eigenvalue weighted by Gasteiger charge is -2.38. The smallest absolute Gasteiger partial charge is 0.259 e. The number of hydrogen-bond acceptors (Lipinski definition) is 2. The lowest BCUT2D eigenvalue weighted by molar-refractivity contribution is -0.113. The molecule has 0 bridgehead atoms. The molecule has 0 atom stereocenters. The molecule has 4 rings (SSSR count). The van der Waals surface area contributed by atoms with Gasteiger partial charge >= 0.3 is 0 Å². The number of ketones is 1. The maximum Gasteiger partial charge on any atom is 0.259 e. The second-order valence-electron chi connectivity index (χ2n) is 7.62. The third-order valence-electron chi connectivity index (χ3n) is 5.11. The summed E-state index contributed by atoms with van der Waals surface area (Å²) in [5, 5.41) is 0. The lowest BCUT2D eigenvalue weighted by atomic mass is 9.88. The van der Waals surface area contributed by atoms with E-state index < -0.39 is 5.54 Å². The summed E-state index contributed by atoms with van der Waals surface area (Å²) in [6, 6.07) is 13.2. The molecule has 26 heavy (non-hydrogen) atoms. The second-order valence-corrected chi connectivity index (χ2v) is 7.62. The largest absolute Gasteiger partial charge is 0.298 e. The Hall–Kier alpha value is -2.94. The van der Waals surface area contributed by atoms with Crippen LogP contribution in [0.5, 0.6) is 0 Å². The van der Waals surface area contributed by atoms with E-state index in [2.05, 4.69) is 19.1 Å². The highest BCUT2D eigenvalue weighted by molar-refractivity contribution is 6.37. The van der Waals surface area contributed by atoms with E-state index in [1.165, 1.54) is 6.08 Å². The van der Waals surface area contributed by atoms with Crippen LogP contribution in [0.25, 0.3) is 11.1 Å². The van der Waals surface area contributed by atoms with Crippen molar-refractivity contribution in [3.05, 3.63) is 76.9 Å². The summed E-state index contributed by atoms with van der Waals surface area (Å²) in [6.07, 6.45) is 3.62. The molecule has 1 amide bonds. The standard InChI is InChI=1S/C23H21NO2/c1-14-10-17-15(2)13-23(3,4)24-21(17)18(11-14)19(22(24)26)12-20(25)16-8-6-5-7-9-16/h5-13H,1-4H3. The van der Waals surface area contributed by atoms with E-state index in [-0.39, 0.29) is 11.7 Å². The van der Waals surface area contributed by atoms with Crippen LogP contribution >= 0.6 is 0 Å². The number of anilines is 1. The normalized spacial score (nSPS) is 18.8. The molecule has 130 valence electrons. The zero-order chi connectivity index (χ0) is 18.6. The molecule has 2 aliphatic rings. The number of aryl methyl sites for hydroxylation is 1. The van der Waals surface area contributed by atoms with Gasteiger partial charge in [-0.15, -0.1) is 0 Å². The molecule has 0 saturated carbocycles. The predicted octanol–water partition coefficient (Wildman–Crippen LogP) is 4.80. The maximum absolute atomic E-state index is 13.3. The number of amides is 1. The third-order valence-corrected chi connectivity index (χ3v) is 5.11. The maximum atomic E-state index is 13.3. The number of benzene rings is 2. The Bertz CT molecular complexity index is 1010. The Balaban J connectivity index is 1.93. The van der Waals surface area contributed by atoms with Crippen molar-refractivity contribution < 1.29 is 9.59 Å². The summed E-state index contributed by atoms with van der Waals surface area (Å²) in [5.41, 5.74) is 5.74. The average Bonchev–Trinajstić information content (AvgIpc) is 2.86. The van der Waals surface area contributed by atoms with Crippen LogP contribution in [-0.2, 0) is 4.79 Å². The van der Waals surface area contributed by atoms with Crippen molar-refractivity contribution >= 4 is 28.5 Å². The molecule has 0 unspecified atom stereocenters. The minimum absolute atomic E-state index is 0.107. The summed E-state index contributed by atoms with van der Waals surface area (Å²) < 4.78 is 0. The van der Waals surface area contributed by atoms with Crippen molar-refractivity contribution in [3.8, 4) is 0 Å². The van der Waals surface area contributed by atoms with Crippen LogP contribution in [0, 0.1) is 6.92 Å². The number of hydrogen-bond donors (Lipinski definition) is 0. The SMILES string of the molecule is CC1=CC(C)(C)N2C(=O)C(=CC(=O)c3ccccc3)c3cc(C)cc1c32. The van der Waals surface area contributed by atoms with Crippen LogP contribution in [0.4, 0.5) is 5.69 Å². The molecular weight excluding hydrogens is 322 g/mol. The molecule has 0 radical (unpaired) electrons. The van der Waals surface area contributed by atoms with Gasteiger partial charge in [-0.3, -0.25) is 14.5 Å². The number of carbonyl (C=O) groups is 2. The molecule has 2 aliphatic heterocycles. The first-order valence-corrected chi connectivity index (χ1v) is 8.80. The molecule has 0 aliphatic carbocycles. The molecule has 0 fully saturated rings. The summed E-state index contributed by atoms with van der Waals surface area (Å²) in [6.45, 7) is 8.16. The van der Waals surface area contributed by atoms with E-state index >= 15 is 0 Å². The number of carbonyl (C=O) groups excluding carboxylic acids is 2. The van der Waals surface area contributed by atoms with Gasteiger partial charge in [0.2, 0.25) is 0 Å². The Labute approximate surface area is 153 Å². The van der Waals surface area contributed by atoms with Crippen molar-refractivity contribution in [3.63, 3.8) is 0 Å². The zero-order valence-corrected chi connectivity index (χ0v) is 15.5. The van der Waals surface area contributed by atoms with Gasteiger partial charge in [0.25, 0.3) is 5.91 Å². The summed E-state index contributed by atoms with van der Waals surface area (Å²) in [7, 11) is 0. The molecular formula is C23H21NO2. The minimum Gasteiger partial charge on any atom is -0.298 e. The van der Waals surface area contributed by atoms with E-state index in [0.29, 0.717) is 11.1 Å². The summed E-state index contributed by atoms with van der Waals surface area (Å²) >= 11 is 0. The van der Waals surface area contributed by atoms with Gasteiger partial charge in [0.1, 0.15) is 0 Å². The predicted molar refractivity (Wildman–Crippen MR) is 105 cm³/mol. The number of rotatable bonds is 2. The molecule has 2 heterocycles. The van der Waals surface area contributed by atoms with Crippen molar-refractivity contribution in [1.82, 2.24) is 0 Å². The van der Waals surface area contributed by atoms with Crippen LogP contribution < -0.4 is 4.90 Å². The molecule has 0 saturated heterocycles. The van der Waals surface area contributed by atoms with E-state index in [4.69, 9.17) is 0 Å². The van der Waals surface area contributed by atoms with Crippen molar-refractivity contribution in [2.75, 3.05) is 4.90 Å². The molecule has 2 aromatic rings. The van der Waals surface area contributed by atoms with Gasteiger partial charge in [0, 0.05) is 16.7 Å². The van der Waals surface area contributed by atoms with Gasteiger partial charge in [-0.2, -0.15) is 0 Å². The van der Waals surface area contributed by atoms with Crippen LogP contribution in [0.1, 0.15) is 47.8 Å². The Kier molecular flexibility index (Phi) is 3.52. The van der Waals surface area contributed by atoms with Gasteiger partial charge in [0.15, 0.2) is 5.78 Å². The van der Waals surface area contributed by atoms with Crippen LogP contribution in [0.15, 0.2) is 54.6 Å². The van der Waals surface area contributed by atoms with Crippen LogP contribution in [0.2, 0.25) is 0 Å². The first kappa shape index (κ1) is 16.5. The van der Waals surface area contributed by atoms with Crippen molar-refractivity contribution in [2.24, 2.45) is 0 Å². The molecule has 0 aromatic heterocycles. The fraction of sp³-hybridized carbons (Fsp3) is 0.217. The summed E-state index contributed by atoms with van der Waals surface area (Å²) in [5.74, 6) is -0.253. The van der Waals surface area contributed by atoms with Crippen LogP contribution in [-0.4, -0.2) is 17.2 Å².